The number of primary amides is 1. The van der Waals surface area contributed by atoms with E-state index in [-0.39, 0.29) is 62.7 Å². The minimum absolute atomic E-state index is 0.00364. The van der Waals surface area contributed by atoms with Gasteiger partial charge in [0.15, 0.2) is 0 Å². The molecule has 0 saturated carbocycles. The number of amides is 8. The SMILES string of the molecule is C=CC(=O)N1CN(C(=O)C=C)CN(C(=O)CCSCC(=O)N[C@H](C(=O)N[C@@H](CCCNC(N)=O)C(=O)Nc2ccc(C)cc2)C(C)C)C1. The Morgan fingerprint density at radius 1 is 0.896 bits per heavy atom. The third kappa shape index (κ3) is 13.1. The van der Waals surface area contributed by atoms with Crippen molar-refractivity contribution in [2.75, 3.05) is 43.4 Å². The topological polar surface area (TPSA) is 203 Å². The van der Waals surface area contributed by atoms with Crippen molar-refractivity contribution in [3.8, 4) is 0 Å². The molecule has 1 aromatic carbocycles. The highest BCUT2D eigenvalue weighted by Crippen LogP contribution is 2.14. The van der Waals surface area contributed by atoms with Crippen LogP contribution >= 0.6 is 11.8 Å². The van der Waals surface area contributed by atoms with Gasteiger partial charge in [0, 0.05) is 24.4 Å². The number of carbonyl (C=O) groups is 7. The van der Waals surface area contributed by atoms with E-state index in [0.717, 1.165) is 17.7 Å². The van der Waals surface area contributed by atoms with Gasteiger partial charge >= 0.3 is 6.03 Å². The molecule has 1 fully saturated rings. The summed E-state index contributed by atoms with van der Waals surface area (Å²) in [7, 11) is 0. The number of hydrogen-bond donors (Lipinski definition) is 5. The second-order valence-electron chi connectivity index (χ2n) is 11.5. The molecule has 0 spiro atoms. The Hall–Kier alpha value is -4.86. The third-order valence-electron chi connectivity index (χ3n) is 7.23. The predicted octanol–water partition coefficient (Wildman–Crippen LogP) is 0.875. The molecule has 0 unspecified atom stereocenters. The van der Waals surface area contributed by atoms with Gasteiger partial charge in [0.1, 0.15) is 12.1 Å². The number of urea groups is 1. The summed E-state index contributed by atoms with van der Waals surface area (Å²) in [5.74, 6) is -2.70. The largest absolute Gasteiger partial charge is 0.352 e. The first-order valence-electron chi connectivity index (χ1n) is 15.4. The number of thioether (sulfide) groups is 1. The molecule has 2 rings (SSSR count). The molecule has 16 heteroatoms. The standard InChI is InChI=1S/C32H46N8O7S/c1-6-26(42)38-18-39(27(43)7-2)20-40(19-38)28(44)14-16-48-17-25(41)37-29(21(3)4)31(46)36-24(9-8-15-34-32(33)47)30(45)35-23-12-10-22(5)11-13-23/h6-7,10-13,21,24,29H,1-2,8-9,14-20H2,3-5H3,(H,35,45)(H,36,46)(H,37,41)(H3,33,34,47)/t24-,29-/m0/s1. The van der Waals surface area contributed by atoms with Gasteiger partial charge in [0.05, 0.1) is 25.8 Å². The summed E-state index contributed by atoms with van der Waals surface area (Å²) in [6.07, 6.45) is 2.80. The van der Waals surface area contributed by atoms with Crippen LogP contribution in [-0.2, 0) is 28.8 Å². The van der Waals surface area contributed by atoms with E-state index in [4.69, 9.17) is 5.73 Å². The van der Waals surface area contributed by atoms with Gasteiger partial charge in [-0.15, -0.1) is 0 Å². The molecule has 1 aliphatic heterocycles. The minimum atomic E-state index is -0.961. The lowest BCUT2D eigenvalue weighted by Gasteiger charge is -2.41. The molecule has 1 saturated heterocycles. The Bertz CT molecular complexity index is 1330. The van der Waals surface area contributed by atoms with E-state index in [1.165, 1.54) is 26.5 Å². The summed E-state index contributed by atoms with van der Waals surface area (Å²) in [6.45, 7) is 12.5. The molecular weight excluding hydrogens is 640 g/mol. The highest BCUT2D eigenvalue weighted by molar-refractivity contribution is 7.99. The van der Waals surface area contributed by atoms with E-state index in [1.807, 2.05) is 19.1 Å². The fourth-order valence-corrected chi connectivity index (χ4v) is 5.33. The molecule has 0 aliphatic carbocycles. The van der Waals surface area contributed by atoms with Crippen LogP contribution in [0, 0.1) is 12.8 Å². The van der Waals surface area contributed by atoms with Crippen molar-refractivity contribution in [2.45, 2.75) is 52.1 Å². The van der Waals surface area contributed by atoms with Gasteiger partial charge in [-0.05, 0) is 50.0 Å². The number of carbonyl (C=O) groups excluding carboxylic acids is 7. The first kappa shape index (κ1) is 39.3. The highest BCUT2D eigenvalue weighted by Gasteiger charge is 2.31. The summed E-state index contributed by atoms with van der Waals surface area (Å²) < 4.78 is 0. The molecule has 0 radical (unpaired) electrons. The molecule has 6 N–H and O–H groups in total. The van der Waals surface area contributed by atoms with Gasteiger partial charge in [0.25, 0.3) is 0 Å². The van der Waals surface area contributed by atoms with E-state index >= 15 is 0 Å². The second-order valence-corrected chi connectivity index (χ2v) is 12.6. The fraction of sp³-hybridized carbons (Fsp3) is 0.469. The van der Waals surface area contributed by atoms with Crippen molar-refractivity contribution in [3.05, 3.63) is 55.1 Å². The van der Waals surface area contributed by atoms with Crippen LogP contribution in [0.15, 0.2) is 49.6 Å². The van der Waals surface area contributed by atoms with Crippen molar-refractivity contribution in [1.29, 1.82) is 0 Å². The Morgan fingerprint density at radius 2 is 1.48 bits per heavy atom. The number of nitrogens with zero attached hydrogens (tertiary/aromatic N) is 3. The summed E-state index contributed by atoms with van der Waals surface area (Å²) in [5.41, 5.74) is 6.69. The van der Waals surface area contributed by atoms with Crippen LogP contribution in [0.3, 0.4) is 0 Å². The van der Waals surface area contributed by atoms with E-state index < -0.39 is 47.7 Å². The van der Waals surface area contributed by atoms with Gasteiger partial charge in [-0.1, -0.05) is 44.7 Å². The molecule has 48 heavy (non-hydrogen) atoms. The molecule has 0 aromatic heterocycles. The summed E-state index contributed by atoms with van der Waals surface area (Å²) in [6, 6.07) is 4.55. The molecular formula is C32H46N8O7S. The van der Waals surface area contributed by atoms with Gasteiger partial charge in [-0.3, -0.25) is 28.8 Å². The number of anilines is 1. The monoisotopic (exact) mass is 686 g/mol. The Morgan fingerprint density at radius 3 is 2.02 bits per heavy atom. The smallest absolute Gasteiger partial charge is 0.312 e. The zero-order valence-corrected chi connectivity index (χ0v) is 28.5. The quantitative estimate of drug-likeness (QED) is 0.117. The predicted molar refractivity (Wildman–Crippen MR) is 183 cm³/mol. The van der Waals surface area contributed by atoms with Gasteiger partial charge in [0.2, 0.25) is 35.4 Å². The van der Waals surface area contributed by atoms with Crippen LogP contribution in [0.5, 0.6) is 0 Å². The van der Waals surface area contributed by atoms with E-state index in [9.17, 15) is 33.6 Å². The number of aryl methyl sites for hydroxylation is 1. The average molecular weight is 687 g/mol. The van der Waals surface area contributed by atoms with Crippen LogP contribution in [-0.4, -0.2) is 106 Å². The number of rotatable bonds is 17. The third-order valence-corrected chi connectivity index (χ3v) is 8.19. The van der Waals surface area contributed by atoms with Crippen molar-refractivity contribution < 1.29 is 33.6 Å². The van der Waals surface area contributed by atoms with Crippen LogP contribution in [0.2, 0.25) is 0 Å². The van der Waals surface area contributed by atoms with Crippen LogP contribution in [0.4, 0.5) is 10.5 Å². The summed E-state index contributed by atoms with van der Waals surface area (Å²) in [4.78, 5) is 91.6. The lowest BCUT2D eigenvalue weighted by atomic mass is 10.0. The average Bonchev–Trinajstić information content (AvgIpc) is 3.06. The number of nitrogens with two attached hydrogens (primary N) is 1. The van der Waals surface area contributed by atoms with Crippen molar-refractivity contribution >= 4 is 58.9 Å². The molecule has 1 aliphatic rings. The molecule has 8 amide bonds. The lowest BCUT2D eigenvalue weighted by molar-refractivity contribution is -0.154. The van der Waals surface area contributed by atoms with Crippen LogP contribution in [0.25, 0.3) is 0 Å². The Balaban J connectivity index is 1.94. The van der Waals surface area contributed by atoms with Gasteiger partial charge < -0.3 is 41.7 Å². The molecule has 2 atom stereocenters. The maximum absolute atomic E-state index is 13.3. The van der Waals surface area contributed by atoms with Crippen LogP contribution < -0.4 is 27.0 Å². The first-order valence-corrected chi connectivity index (χ1v) is 16.6. The number of hydrogen-bond acceptors (Lipinski definition) is 8. The molecule has 1 heterocycles. The molecule has 0 bridgehead atoms. The zero-order valence-electron chi connectivity index (χ0n) is 27.7. The highest BCUT2D eigenvalue weighted by atomic mass is 32.2. The minimum Gasteiger partial charge on any atom is -0.352 e. The van der Waals surface area contributed by atoms with Crippen LogP contribution in [0.1, 0.15) is 38.7 Å². The second kappa shape index (κ2) is 19.7. The number of benzene rings is 1. The summed E-state index contributed by atoms with van der Waals surface area (Å²) in [5, 5.41) is 10.7. The maximum Gasteiger partial charge on any atom is 0.312 e. The Kier molecular flexibility index (Phi) is 16.2. The molecule has 1 aromatic rings. The van der Waals surface area contributed by atoms with Crippen molar-refractivity contribution in [3.63, 3.8) is 0 Å². The van der Waals surface area contributed by atoms with Gasteiger partial charge in [-0.2, -0.15) is 11.8 Å². The van der Waals surface area contributed by atoms with E-state index in [0.29, 0.717) is 12.1 Å². The van der Waals surface area contributed by atoms with E-state index in [2.05, 4.69) is 34.4 Å². The normalized spacial score (nSPS) is 14.0. The fourth-order valence-electron chi connectivity index (χ4n) is 4.59. The molecule has 15 nitrogen and oxygen atoms in total. The molecule has 262 valence electrons. The van der Waals surface area contributed by atoms with Crippen molar-refractivity contribution in [1.82, 2.24) is 30.7 Å². The van der Waals surface area contributed by atoms with E-state index in [1.54, 1.807) is 26.0 Å². The lowest BCUT2D eigenvalue weighted by Crippen LogP contribution is -2.59. The zero-order chi connectivity index (χ0) is 35.8. The maximum atomic E-state index is 13.3. The first-order chi connectivity index (χ1) is 22.7. The van der Waals surface area contributed by atoms with Crippen molar-refractivity contribution in [2.24, 2.45) is 11.7 Å². The van der Waals surface area contributed by atoms with Gasteiger partial charge in [-0.25, -0.2) is 4.79 Å². The Labute approximate surface area is 285 Å². The number of nitrogens with one attached hydrogen (secondary N) is 4. The summed E-state index contributed by atoms with van der Waals surface area (Å²) >= 11 is 1.19.